The third kappa shape index (κ3) is 4.03. The summed E-state index contributed by atoms with van der Waals surface area (Å²) in [6, 6.07) is 11.3. The van der Waals surface area contributed by atoms with Gasteiger partial charge in [-0.25, -0.2) is 4.39 Å². The second-order valence-electron chi connectivity index (χ2n) is 10.0. The lowest BCUT2D eigenvalue weighted by atomic mass is 9.86. The highest BCUT2D eigenvalue weighted by Crippen LogP contribution is 2.38. The van der Waals surface area contributed by atoms with Crippen LogP contribution in [0.5, 0.6) is 0 Å². The van der Waals surface area contributed by atoms with E-state index in [1.165, 1.54) is 18.2 Å². The molecule has 6 nitrogen and oxygen atoms in total. The van der Waals surface area contributed by atoms with Crippen molar-refractivity contribution < 1.29 is 18.3 Å². The van der Waals surface area contributed by atoms with Crippen LogP contribution in [0.25, 0.3) is 11.0 Å². The van der Waals surface area contributed by atoms with Gasteiger partial charge in [-0.3, -0.25) is 14.5 Å². The summed E-state index contributed by atoms with van der Waals surface area (Å²) >= 11 is 0. The normalized spacial score (nSPS) is 19.1. The molecule has 1 amide bonds. The van der Waals surface area contributed by atoms with Crippen LogP contribution in [0.1, 0.15) is 54.1 Å². The Bertz CT molecular complexity index is 1290. The molecule has 2 aliphatic rings. The minimum absolute atomic E-state index is 0.0231. The highest BCUT2D eigenvalue weighted by atomic mass is 19.1. The van der Waals surface area contributed by atoms with Gasteiger partial charge in [-0.15, -0.1) is 0 Å². The van der Waals surface area contributed by atoms with Gasteiger partial charge >= 0.3 is 0 Å². The van der Waals surface area contributed by atoms with Crippen LogP contribution >= 0.6 is 0 Å². The molecule has 0 aliphatic carbocycles. The van der Waals surface area contributed by atoms with Crippen LogP contribution in [0.3, 0.4) is 0 Å². The molecule has 0 saturated carbocycles. The summed E-state index contributed by atoms with van der Waals surface area (Å²) in [5, 5.41) is 0.151. The van der Waals surface area contributed by atoms with Gasteiger partial charge in [0.15, 0.2) is 5.43 Å². The number of nitrogens with zero attached hydrogens (tertiary/aromatic N) is 2. The molecule has 1 unspecified atom stereocenters. The van der Waals surface area contributed by atoms with E-state index in [-0.39, 0.29) is 39.0 Å². The molecule has 2 aromatic carbocycles. The number of benzene rings is 2. The molecule has 0 N–H and O–H groups in total. The molecule has 178 valence electrons. The Balaban J connectivity index is 1.60. The Morgan fingerprint density at radius 3 is 2.38 bits per heavy atom. The molecule has 0 bridgehead atoms. The van der Waals surface area contributed by atoms with Crippen molar-refractivity contribution >= 4 is 16.9 Å². The summed E-state index contributed by atoms with van der Waals surface area (Å²) in [6.45, 7) is 10.5. The number of hydrogen-bond donors (Lipinski definition) is 0. The Morgan fingerprint density at radius 1 is 1.00 bits per heavy atom. The summed E-state index contributed by atoms with van der Waals surface area (Å²) in [6.07, 6.45) is 0. The molecule has 1 saturated heterocycles. The topological polar surface area (TPSA) is 63.0 Å². The molecule has 1 fully saturated rings. The predicted octanol–water partition coefficient (Wildman–Crippen LogP) is 4.11. The molecule has 5 rings (SSSR count). The lowest BCUT2D eigenvalue weighted by molar-refractivity contribution is 0.0314. The van der Waals surface area contributed by atoms with Gasteiger partial charge in [-0.2, -0.15) is 0 Å². The molecule has 0 spiro atoms. The fourth-order valence-electron chi connectivity index (χ4n) is 4.81. The monoisotopic (exact) mass is 464 g/mol. The van der Waals surface area contributed by atoms with Crippen LogP contribution in [-0.4, -0.2) is 55.1 Å². The smallest absolute Gasteiger partial charge is 0.290 e. The van der Waals surface area contributed by atoms with E-state index in [0.717, 1.165) is 24.2 Å². The summed E-state index contributed by atoms with van der Waals surface area (Å²) in [5.74, 6) is -0.771. The van der Waals surface area contributed by atoms with E-state index in [2.05, 4.69) is 25.7 Å². The van der Waals surface area contributed by atoms with Gasteiger partial charge in [0.25, 0.3) is 5.91 Å². The van der Waals surface area contributed by atoms with Gasteiger partial charge < -0.3 is 14.1 Å². The average molecular weight is 465 g/mol. The molecule has 34 heavy (non-hydrogen) atoms. The lowest BCUT2D eigenvalue weighted by Crippen LogP contribution is -2.42. The highest BCUT2D eigenvalue weighted by molar-refractivity contribution is 5.99. The zero-order valence-electron chi connectivity index (χ0n) is 19.8. The molecule has 3 heterocycles. The fraction of sp³-hybridized carbons (Fsp3) is 0.407. The fourth-order valence-corrected chi connectivity index (χ4v) is 4.81. The number of rotatable bonds is 4. The maximum Gasteiger partial charge on any atom is 0.290 e. The van der Waals surface area contributed by atoms with Gasteiger partial charge in [0.05, 0.1) is 30.2 Å². The van der Waals surface area contributed by atoms with Crippen LogP contribution in [0.4, 0.5) is 4.39 Å². The number of hydrogen-bond acceptors (Lipinski definition) is 5. The summed E-state index contributed by atoms with van der Waals surface area (Å²) in [7, 11) is 0. The van der Waals surface area contributed by atoms with Gasteiger partial charge in [-0.05, 0) is 34.7 Å². The van der Waals surface area contributed by atoms with Crippen LogP contribution in [0.2, 0.25) is 0 Å². The number of fused-ring (bicyclic) bond motifs is 2. The molecule has 7 heteroatoms. The van der Waals surface area contributed by atoms with Crippen molar-refractivity contribution in [3.63, 3.8) is 0 Å². The number of ether oxygens (including phenoxy) is 1. The zero-order valence-corrected chi connectivity index (χ0v) is 19.8. The first kappa shape index (κ1) is 22.7. The Morgan fingerprint density at radius 2 is 1.71 bits per heavy atom. The second-order valence-corrected chi connectivity index (χ2v) is 10.0. The van der Waals surface area contributed by atoms with Crippen molar-refractivity contribution in [1.29, 1.82) is 0 Å². The van der Waals surface area contributed by atoms with E-state index in [9.17, 15) is 14.0 Å². The standard InChI is InChI=1S/C27H29FN2O4/c1-27(2,3)18-6-4-17(5-7-18)23-22-24(31)20-16-19(28)8-9-21(20)34-25(22)26(32)30(23)11-10-29-12-14-33-15-13-29/h4-9,16,23H,10-15H2,1-3H3. The van der Waals surface area contributed by atoms with Crippen LogP contribution in [0.15, 0.2) is 51.7 Å². The van der Waals surface area contributed by atoms with Crippen molar-refractivity contribution in [2.24, 2.45) is 0 Å². The minimum Gasteiger partial charge on any atom is -0.450 e. The number of amides is 1. The molecule has 1 atom stereocenters. The average Bonchev–Trinajstić information content (AvgIpc) is 3.10. The van der Waals surface area contributed by atoms with Crippen molar-refractivity contribution in [2.45, 2.75) is 32.2 Å². The molecule has 2 aliphatic heterocycles. The number of carbonyl (C=O) groups excluding carboxylic acids is 1. The molecule has 0 radical (unpaired) electrons. The van der Waals surface area contributed by atoms with E-state index in [0.29, 0.717) is 26.3 Å². The van der Waals surface area contributed by atoms with E-state index >= 15 is 0 Å². The lowest BCUT2D eigenvalue weighted by Gasteiger charge is -2.31. The molecular weight excluding hydrogens is 435 g/mol. The largest absolute Gasteiger partial charge is 0.450 e. The first-order valence-electron chi connectivity index (χ1n) is 11.7. The van der Waals surface area contributed by atoms with E-state index in [1.54, 1.807) is 4.90 Å². The van der Waals surface area contributed by atoms with Crippen LogP contribution < -0.4 is 5.43 Å². The summed E-state index contributed by atoms with van der Waals surface area (Å²) in [5.41, 5.74) is 2.12. The van der Waals surface area contributed by atoms with Crippen molar-refractivity contribution in [1.82, 2.24) is 9.80 Å². The third-order valence-corrected chi connectivity index (χ3v) is 6.78. The van der Waals surface area contributed by atoms with E-state index < -0.39 is 11.9 Å². The van der Waals surface area contributed by atoms with Crippen molar-refractivity contribution in [2.75, 3.05) is 39.4 Å². The highest BCUT2D eigenvalue weighted by Gasteiger charge is 2.42. The molecule has 3 aromatic rings. The number of halogens is 1. The maximum atomic E-state index is 14.0. The van der Waals surface area contributed by atoms with Gasteiger partial charge in [0.2, 0.25) is 5.76 Å². The minimum atomic E-state index is -0.582. The van der Waals surface area contributed by atoms with Gasteiger partial charge in [0, 0.05) is 26.2 Å². The first-order chi connectivity index (χ1) is 16.2. The van der Waals surface area contributed by atoms with Crippen LogP contribution in [-0.2, 0) is 10.2 Å². The molecule has 1 aromatic heterocycles. The van der Waals surface area contributed by atoms with Crippen LogP contribution in [0, 0.1) is 5.82 Å². The van der Waals surface area contributed by atoms with Gasteiger partial charge in [0.1, 0.15) is 11.4 Å². The zero-order chi connectivity index (χ0) is 24.0. The van der Waals surface area contributed by atoms with E-state index in [1.807, 2.05) is 24.3 Å². The maximum absolute atomic E-state index is 14.0. The first-order valence-corrected chi connectivity index (χ1v) is 11.7. The van der Waals surface area contributed by atoms with Gasteiger partial charge in [-0.1, -0.05) is 45.0 Å². The predicted molar refractivity (Wildman–Crippen MR) is 128 cm³/mol. The quantitative estimate of drug-likeness (QED) is 0.582. The Kier molecular flexibility index (Phi) is 5.78. The van der Waals surface area contributed by atoms with Crippen molar-refractivity contribution in [3.8, 4) is 0 Å². The SMILES string of the molecule is CC(C)(C)c1ccc(C2c3c(oc4ccc(F)cc4c3=O)C(=O)N2CCN2CCOCC2)cc1. The summed E-state index contributed by atoms with van der Waals surface area (Å²) in [4.78, 5) is 31.0. The number of morpholine rings is 1. The Hall–Kier alpha value is -3.03. The summed E-state index contributed by atoms with van der Waals surface area (Å²) < 4.78 is 25.3. The second kappa shape index (κ2) is 8.64. The molecular formula is C27H29FN2O4. The Labute approximate surface area is 197 Å². The van der Waals surface area contributed by atoms with Crippen molar-refractivity contribution in [3.05, 3.63) is 81.0 Å². The number of carbonyl (C=O) groups is 1. The van der Waals surface area contributed by atoms with E-state index in [4.69, 9.17) is 9.15 Å². The third-order valence-electron chi connectivity index (χ3n) is 6.78.